The second-order valence-corrected chi connectivity index (χ2v) is 4.98. The molecule has 0 aliphatic heterocycles. The summed E-state index contributed by atoms with van der Waals surface area (Å²) in [5.41, 5.74) is 1.04. The van der Waals surface area contributed by atoms with E-state index in [4.69, 9.17) is 21.1 Å². The number of benzene rings is 2. The second-order valence-electron chi connectivity index (χ2n) is 4.54. The van der Waals surface area contributed by atoms with Crippen molar-refractivity contribution in [2.24, 2.45) is 0 Å². The molecule has 0 aromatic heterocycles. The largest absolute Gasteiger partial charge is 0.494 e. The first kappa shape index (κ1) is 15.7. The van der Waals surface area contributed by atoms with Gasteiger partial charge in [0.1, 0.15) is 17.2 Å². The normalized spacial score (nSPS) is 10.4. The van der Waals surface area contributed by atoms with Gasteiger partial charge in [-0.3, -0.25) is 0 Å². The van der Waals surface area contributed by atoms with Crippen molar-refractivity contribution in [1.82, 2.24) is 5.32 Å². The van der Waals surface area contributed by atoms with Crippen LogP contribution in [-0.2, 0) is 6.54 Å². The lowest BCUT2D eigenvalue weighted by Crippen LogP contribution is -2.12. The lowest BCUT2D eigenvalue weighted by atomic mass is 10.2. The minimum Gasteiger partial charge on any atom is -0.494 e. The van der Waals surface area contributed by atoms with Crippen molar-refractivity contribution in [3.63, 3.8) is 0 Å². The van der Waals surface area contributed by atoms with Gasteiger partial charge in [0, 0.05) is 17.1 Å². The van der Waals surface area contributed by atoms with Gasteiger partial charge in [-0.1, -0.05) is 18.5 Å². The van der Waals surface area contributed by atoms with Crippen molar-refractivity contribution in [3.8, 4) is 17.2 Å². The van der Waals surface area contributed by atoms with E-state index in [2.05, 4.69) is 12.2 Å². The SMILES string of the molecule is CCNCc1cc(Cl)ccc1Oc1ccc(OCC)cc1. The Kier molecular flexibility index (Phi) is 5.90. The van der Waals surface area contributed by atoms with Gasteiger partial charge in [0.25, 0.3) is 0 Å². The first-order valence-corrected chi connectivity index (χ1v) is 7.50. The summed E-state index contributed by atoms with van der Waals surface area (Å²) in [6.07, 6.45) is 0. The van der Waals surface area contributed by atoms with E-state index in [1.807, 2.05) is 49.4 Å². The Bertz CT molecular complexity index is 570. The minimum absolute atomic E-state index is 0.657. The van der Waals surface area contributed by atoms with Crippen LogP contribution in [0.4, 0.5) is 0 Å². The molecule has 0 saturated heterocycles. The maximum absolute atomic E-state index is 6.05. The molecule has 0 unspecified atom stereocenters. The summed E-state index contributed by atoms with van der Waals surface area (Å²) in [5, 5.41) is 4.00. The second kappa shape index (κ2) is 7.91. The number of nitrogens with one attached hydrogen (secondary N) is 1. The molecule has 0 atom stereocenters. The van der Waals surface area contributed by atoms with Crippen LogP contribution in [0.3, 0.4) is 0 Å². The highest BCUT2D eigenvalue weighted by Crippen LogP contribution is 2.29. The molecule has 112 valence electrons. The predicted molar refractivity (Wildman–Crippen MR) is 86.5 cm³/mol. The van der Waals surface area contributed by atoms with Crippen molar-refractivity contribution in [2.45, 2.75) is 20.4 Å². The van der Waals surface area contributed by atoms with Gasteiger partial charge >= 0.3 is 0 Å². The van der Waals surface area contributed by atoms with E-state index < -0.39 is 0 Å². The summed E-state index contributed by atoms with van der Waals surface area (Å²) < 4.78 is 11.4. The van der Waals surface area contributed by atoms with Crippen LogP contribution in [0, 0.1) is 0 Å². The zero-order chi connectivity index (χ0) is 15.1. The lowest BCUT2D eigenvalue weighted by molar-refractivity contribution is 0.339. The molecule has 0 amide bonds. The average molecular weight is 306 g/mol. The van der Waals surface area contributed by atoms with Crippen molar-refractivity contribution >= 4 is 11.6 Å². The van der Waals surface area contributed by atoms with Gasteiger partial charge in [0.15, 0.2) is 0 Å². The number of ether oxygens (including phenoxy) is 2. The van der Waals surface area contributed by atoms with Crippen LogP contribution in [0.5, 0.6) is 17.2 Å². The third kappa shape index (κ3) is 4.66. The molecular formula is C17H20ClNO2. The molecule has 0 radical (unpaired) electrons. The van der Waals surface area contributed by atoms with Crippen LogP contribution < -0.4 is 14.8 Å². The van der Waals surface area contributed by atoms with E-state index in [0.717, 1.165) is 35.9 Å². The van der Waals surface area contributed by atoms with E-state index in [0.29, 0.717) is 11.6 Å². The molecule has 0 heterocycles. The Hall–Kier alpha value is -1.71. The third-order valence-corrected chi connectivity index (χ3v) is 3.19. The molecule has 2 rings (SSSR count). The Labute approximate surface area is 130 Å². The summed E-state index contributed by atoms with van der Waals surface area (Å²) in [7, 11) is 0. The Morgan fingerprint density at radius 3 is 2.38 bits per heavy atom. The maximum Gasteiger partial charge on any atom is 0.132 e. The summed E-state index contributed by atoms with van der Waals surface area (Å²) in [6, 6.07) is 13.3. The molecule has 0 bridgehead atoms. The molecule has 2 aromatic rings. The lowest BCUT2D eigenvalue weighted by Gasteiger charge is -2.12. The first-order valence-electron chi connectivity index (χ1n) is 7.12. The highest BCUT2D eigenvalue weighted by molar-refractivity contribution is 6.30. The number of hydrogen-bond acceptors (Lipinski definition) is 3. The molecule has 2 aromatic carbocycles. The molecule has 21 heavy (non-hydrogen) atoms. The van der Waals surface area contributed by atoms with Crippen molar-refractivity contribution in [1.29, 1.82) is 0 Å². The van der Waals surface area contributed by atoms with Crippen molar-refractivity contribution < 1.29 is 9.47 Å². The zero-order valence-electron chi connectivity index (χ0n) is 12.4. The van der Waals surface area contributed by atoms with Crippen LogP contribution in [0.25, 0.3) is 0 Å². The molecule has 3 nitrogen and oxygen atoms in total. The Morgan fingerprint density at radius 1 is 1.00 bits per heavy atom. The van der Waals surface area contributed by atoms with Crippen molar-refractivity contribution in [3.05, 3.63) is 53.1 Å². The summed E-state index contributed by atoms with van der Waals surface area (Å²) in [5.74, 6) is 2.43. The van der Waals surface area contributed by atoms with Gasteiger partial charge in [-0.15, -0.1) is 0 Å². The van der Waals surface area contributed by atoms with Gasteiger partial charge in [-0.05, 0) is 55.9 Å². The van der Waals surface area contributed by atoms with Crippen LogP contribution in [0.15, 0.2) is 42.5 Å². The quantitative estimate of drug-likeness (QED) is 0.808. The molecule has 0 saturated carbocycles. The molecule has 0 spiro atoms. The Morgan fingerprint density at radius 2 is 1.71 bits per heavy atom. The van der Waals surface area contributed by atoms with Crippen LogP contribution in [-0.4, -0.2) is 13.2 Å². The van der Waals surface area contributed by atoms with Gasteiger partial charge in [0.2, 0.25) is 0 Å². The summed E-state index contributed by atoms with van der Waals surface area (Å²) in [4.78, 5) is 0. The van der Waals surface area contributed by atoms with Gasteiger partial charge in [-0.25, -0.2) is 0 Å². The first-order chi connectivity index (χ1) is 10.2. The smallest absolute Gasteiger partial charge is 0.132 e. The van der Waals surface area contributed by atoms with Crippen LogP contribution in [0.2, 0.25) is 5.02 Å². The standard InChI is InChI=1S/C17H20ClNO2/c1-3-19-12-13-11-14(18)5-10-17(13)21-16-8-6-15(7-9-16)20-4-2/h5-11,19H,3-4,12H2,1-2H3. The van der Waals surface area contributed by atoms with Crippen LogP contribution in [0.1, 0.15) is 19.4 Å². The van der Waals surface area contributed by atoms with Crippen molar-refractivity contribution in [2.75, 3.05) is 13.2 Å². The van der Waals surface area contributed by atoms with Gasteiger partial charge < -0.3 is 14.8 Å². The minimum atomic E-state index is 0.657. The monoisotopic (exact) mass is 305 g/mol. The summed E-state index contributed by atoms with van der Waals surface area (Å²) in [6.45, 7) is 6.31. The molecule has 0 aliphatic rings. The fourth-order valence-electron chi connectivity index (χ4n) is 1.94. The molecule has 0 fully saturated rings. The zero-order valence-corrected chi connectivity index (χ0v) is 13.1. The average Bonchev–Trinajstić information content (AvgIpc) is 2.49. The van der Waals surface area contributed by atoms with E-state index in [1.54, 1.807) is 0 Å². The number of hydrogen-bond donors (Lipinski definition) is 1. The fourth-order valence-corrected chi connectivity index (χ4v) is 2.14. The fraction of sp³-hybridized carbons (Fsp3) is 0.294. The highest BCUT2D eigenvalue weighted by atomic mass is 35.5. The van der Waals surface area contributed by atoms with E-state index in [-0.39, 0.29) is 0 Å². The third-order valence-electron chi connectivity index (χ3n) is 2.95. The van der Waals surface area contributed by atoms with E-state index in [1.165, 1.54) is 0 Å². The maximum atomic E-state index is 6.05. The number of rotatable bonds is 7. The van der Waals surface area contributed by atoms with E-state index >= 15 is 0 Å². The Balaban J connectivity index is 2.14. The molecule has 1 N–H and O–H groups in total. The molecular weight excluding hydrogens is 286 g/mol. The molecule has 4 heteroatoms. The topological polar surface area (TPSA) is 30.5 Å². The number of halogens is 1. The van der Waals surface area contributed by atoms with E-state index in [9.17, 15) is 0 Å². The highest BCUT2D eigenvalue weighted by Gasteiger charge is 2.06. The van der Waals surface area contributed by atoms with Crippen LogP contribution >= 0.6 is 11.6 Å². The predicted octanol–water partition coefficient (Wildman–Crippen LogP) is 4.64. The van der Waals surface area contributed by atoms with Gasteiger partial charge in [0.05, 0.1) is 6.61 Å². The van der Waals surface area contributed by atoms with Gasteiger partial charge in [-0.2, -0.15) is 0 Å². The summed E-state index contributed by atoms with van der Waals surface area (Å²) >= 11 is 6.05. The molecule has 0 aliphatic carbocycles.